The average Bonchev–Trinajstić information content (AvgIpc) is 2.78. The molecule has 0 radical (unpaired) electrons. The SMILES string of the molecule is COc1ccc(N(CC(=O)Nc2ccccc2C(=O)O)S(=O)(=O)c2ccc(C)cc2)cc1. The number of amides is 1. The molecule has 0 aromatic heterocycles. The average molecular weight is 455 g/mol. The predicted octanol–water partition coefficient (Wildman–Crippen LogP) is 3.54. The fraction of sp³-hybridized carbons (Fsp3) is 0.130. The molecule has 2 N–H and O–H groups in total. The monoisotopic (exact) mass is 454 g/mol. The molecule has 0 spiro atoms. The van der Waals surface area contributed by atoms with Gasteiger partial charge in [0.25, 0.3) is 10.0 Å². The summed E-state index contributed by atoms with van der Waals surface area (Å²) >= 11 is 0. The van der Waals surface area contributed by atoms with Gasteiger partial charge in [-0.1, -0.05) is 29.8 Å². The highest BCUT2D eigenvalue weighted by atomic mass is 32.2. The number of carboxylic acid groups (broad SMARTS) is 1. The summed E-state index contributed by atoms with van der Waals surface area (Å²) in [5.41, 5.74) is 1.13. The summed E-state index contributed by atoms with van der Waals surface area (Å²) in [6.07, 6.45) is 0. The second-order valence-corrected chi connectivity index (χ2v) is 8.78. The van der Waals surface area contributed by atoms with Crippen molar-refractivity contribution < 1.29 is 27.9 Å². The molecule has 0 aliphatic heterocycles. The van der Waals surface area contributed by atoms with Crippen LogP contribution in [0.4, 0.5) is 11.4 Å². The number of para-hydroxylation sites is 1. The molecule has 0 fully saturated rings. The van der Waals surface area contributed by atoms with Gasteiger partial charge < -0.3 is 15.2 Å². The van der Waals surface area contributed by atoms with Crippen LogP contribution in [0.15, 0.2) is 77.7 Å². The zero-order chi connectivity index (χ0) is 23.3. The van der Waals surface area contributed by atoms with Crippen LogP contribution in [0.5, 0.6) is 5.75 Å². The summed E-state index contributed by atoms with van der Waals surface area (Å²) in [5.74, 6) is -1.37. The highest BCUT2D eigenvalue weighted by Crippen LogP contribution is 2.26. The predicted molar refractivity (Wildman–Crippen MR) is 121 cm³/mol. The van der Waals surface area contributed by atoms with E-state index in [4.69, 9.17) is 4.74 Å². The van der Waals surface area contributed by atoms with Crippen LogP contribution in [0, 0.1) is 6.92 Å². The van der Waals surface area contributed by atoms with Crippen molar-refractivity contribution in [2.45, 2.75) is 11.8 Å². The Labute approximate surface area is 186 Å². The number of ether oxygens (including phenoxy) is 1. The van der Waals surface area contributed by atoms with Crippen LogP contribution in [0.2, 0.25) is 0 Å². The Morgan fingerprint density at radius 1 is 0.969 bits per heavy atom. The highest BCUT2D eigenvalue weighted by Gasteiger charge is 2.27. The summed E-state index contributed by atoms with van der Waals surface area (Å²) in [7, 11) is -2.60. The van der Waals surface area contributed by atoms with Crippen LogP contribution in [-0.4, -0.2) is 39.1 Å². The number of aromatic carboxylic acids is 1. The number of nitrogens with zero attached hydrogens (tertiary/aromatic N) is 1. The third-order valence-corrected chi connectivity index (χ3v) is 6.48. The van der Waals surface area contributed by atoms with E-state index in [0.29, 0.717) is 5.75 Å². The maximum absolute atomic E-state index is 13.4. The lowest BCUT2D eigenvalue weighted by Gasteiger charge is -2.24. The number of rotatable bonds is 8. The Bertz CT molecular complexity index is 1220. The number of sulfonamides is 1. The molecule has 0 unspecified atom stereocenters. The number of carbonyl (C=O) groups excluding carboxylic acids is 1. The quantitative estimate of drug-likeness (QED) is 0.538. The van der Waals surface area contributed by atoms with Gasteiger partial charge in [-0.2, -0.15) is 0 Å². The topological polar surface area (TPSA) is 113 Å². The molecule has 3 aromatic carbocycles. The molecule has 0 saturated heterocycles. The number of carbonyl (C=O) groups is 2. The number of nitrogens with one attached hydrogen (secondary N) is 1. The van der Waals surface area contributed by atoms with Gasteiger partial charge in [-0.15, -0.1) is 0 Å². The lowest BCUT2D eigenvalue weighted by Crippen LogP contribution is -2.38. The van der Waals surface area contributed by atoms with Crippen LogP contribution < -0.4 is 14.4 Å². The number of hydrogen-bond donors (Lipinski definition) is 2. The second kappa shape index (κ2) is 9.52. The molecule has 0 bridgehead atoms. The van der Waals surface area contributed by atoms with Gasteiger partial charge >= 0.3 is 5.97 Å². The number of hydrogen-bond acceptors (Lipinski definition) is 5. The zero-order valence-electron chi connectivity index (χ0n) is 17.5. The first-order valence-electron chi connectivity index (χ1n) is 9.58. The summed E-state index contributed by atoms with van der Waals surface area (Å²) < 4.78 is 32.9. The van der Waals surface area contributed by atoms with Crippen molar-refractivity contribution in [3.63, 3.8) is 0 Å². The maximum atomic E-state index is 13.4. The van der Waals surface area contributed by atoms with Crippen molar-refractivity contribution in [1.82, 2.24) is 0 Å². The number of anilines is 2. The highest BCUT2D eigenvalue weighted by molar-refractivity contribution is 7.92. The maximum Gasteiger partial charge on any atom is 0.337 e. The van der Waals surface area contributed by atoms with Gasteiger partial charge in [0.05, 0.1) is 28.9 Å². The molecule has 0 saturated carbocycles. The van der Waals surface area contributed by atoms with E-state index >= 15 is 0 Å². The first kappa shape index (κ1) is 22.8. The smallest absolute Gasteiger partial charge is 0.337 e. The molecule has 3 rings (SSSR count). The zero-order valence-corrected chi connectivity index (χ0v) is 18.3. The van der Waals surface area contributed by atoms with E-state index in [1.807, 2.05) is 6.92 Å². The minimum atomic E-state index is -4.09. The molecule has 0 atom stereocenters. The van der Waals surface area contributed by atoms with Crippen molar-refractivity contribution in [2.75, 3.05) is 23.3 Å². The summed E-state index contributed by atoms with van der Waals surface area (Å²) in [6, 6.07) is 18.4. The molecule has 9 heteroatoms. The van der Waals surface area contributed by atoms with E-state index in [-0.39, 0.29) is 21.8 Å². The van der Waals surface area contributed by atoms with Gasteiger partial charge in [0, 0.05) is 0 Å². The van der Waals surface area contributed by atoms with Crippen LogP contribution in [0.1, 0.15) is 15.9 Å². The minimum absolute atomic E-state index is 0.0256. The first-order valence-corrected chi connectivity index (χ1v) is 11.0. The molecule has 1 amide bonds. The molecule has 3 aromatic rings. The van der Waals surface area contributed by atoms with E-state index in [9.17, 15) is 23.1 Å². The van der Waals surface area contributed by atoms with Crippen LogP contribution in [-0.2, 0) is 14.8 Å². The molecule has 0 aliphatic carbocycles. The Hall–Kier alpha value is -3.85. The Balaban J connectivity index is 1.96. The van der Waals surface area contributed by atoms with E-state index in [1.165, 1.54) is 49.6 Å². The molecule has 8 nitrogen and oxygen atoms in total. The standard InChI is InChI=1S/C23H22N2O6S/c1-16-7-13-19(14-8-16)32(29,30)25(17-9-11-18(31-2)12-10-17)15-22(26)24-21-6-4-3-5-20(21)23(27)28/h3-14H,15H2,1-2H3,(H,24,26)(H,27,28). The first-order chi connectivity index (χ1) is 15.2. The Kier molecular flexibility index (Phi) is 6.79. The van der Waals surface area contributed by atoms with Crippen LogP contribution in [0.25, 0.3) is 0 Å². The minimum Gasteiger partial charge on any atom is -0.497 e. The largest absolute Gasteiger partial charge is 0.497 e. The fourth-order valence-electron chi connectivity index (χ4n) is 3.00. The van der Waals surface area contributed by atoms with Crippen molar-refractivity contribution in [3.05, 3.63) is 83.9 Å². The molecule has 0 aliphatic rings. The van der Waals surface area contributed by atoms with Crippen molar-refractivity contribution >= 4 is 33.3 Å². The second-order valence-electron chi connectivity index (χ2n) is 6.92. The molecule has 166 valence electrons. The van der Waals surface area contributed by atoms with Crippen molar-refractivity contribution in [3.8, 4) is 5.75 Å². The third kappa shape index (κ3) is 5.06. The van der Waals surface area contributed by atoms with E-state index in [1.54, 1.807) is 30.3 Å². The number of benzene rings is 3. The fourth-order valence-corrected chi connectivity index (χ4v) is 4.42. The lowest BCUT2D eigenvalue weighted by atomic mass is 10.2. The van der Waals surface area contributed by atoms with Gasteiger partial charge in [-0.3, -0.25) is 9.10 Å². The summed E-state index contributed by atoms with van der Waals surface area (Å²) in [5, 5.41) is 11.8. The Morgan fingerprint density at radius 3 is 2.19 bits per heavy atom. The van der Waals surface area contributed by atoms with Crippen molar-refractivity contribution in [1.29, 1.82) is 0 Å². The summed E-state index contributed by atoms with van der Waals surface area (Å²) in [4.78, 5) is 24.2. The van der Waals surface area contributed by atoms with Crippen LogP contribution >= 0.6 is 0 Å². The van der Waals surface area contributed by atoms with Gasteiger partial charge in [0.2, 0.25) is 5.91 Å². The van der Waals surface area contributed by atoms with Crippen molar-refractivity contribution in [2.24, 2.45) is 0 Å². The Morgan fingerprint density at radius 2 is 1.59 bits per heavy atom. The van der Waals surface area contributed by atoms with Gasteiger partial charge in [0.1, 0.15) is 12.3 Å². The molecule has 0 heterocycles. The van der Waals surface area contributed by atoms with E-state index in [0.717, 1.165) is 9.87 Å². The van der Waals surface area contributed by atoms with E-state index < -0.39 is 28.4 Å². The van der Waals surface area contributed by atoms with Gasteiger partial charge in [-0.05, 0) is 55.5 Å². The molecular formula is C23H22N2O6S. The number of methoxy groups -OCH3 is 1. The number of aryl methyl sites for hydroxylation is 1. The normalized spacial score (nSPS) is 10.9. The molecule has 32 heavy (non-hydrogen) atoms. The van der Waals surface area contributed by atoms with Gasteiger partial charge in [0.15, 0.2) is 0 Å². The third-order valence-electron chi connectivity index (χ3n) is 4.69. The molecular weight excluding hydrogens is 432 g/mol. The van der Waals surface area contributed by atoms with E-state index in [2.05, 4.69) is 5.32 Å². The lowest BCUT2D eigenvalue weighted by molar-refractivity contribution is -0.114. The summed E-state index contributed by atoms with van der Waals surface area (Å²) in [6.45, 7) is 1.28. The van der Waals surface area contributed by atoms with Crippen LogP contribution in [0.3, 0.4) is 0 Å². The number of carboxylic acids is 1. The van der Waals surface area contributed by atoms with Gasteiger partial charge in [-0.25, -0.2) is 13.2 Å².